The summed E-state index contributed by atoms with van der Waals surface area (Å²) in [6, 6.07) is 0. The summed E-state index contributed by atoms with van der Waals surface area (Å²) < 4.78 is 0. The molecule has 4 heteroatoms. The maximum Gasteiger partial charge on any atom is 0.310 e. The third-order valence-corrected chi connectivity index (χ3v) is 13.3. The van der Waals surface area contributed by atoms with E-state index in [2.05, 4.69) is 47.6 Å². The topological polar surface area (TPSA) is 77.8 Å². The summed E-state index contributed by atoms with van der Waals surface area (Å²) in [6.07, 6.45) is 11.6. The number of rotatable bonds is 2. The van der Waals surface area contributed by atoms with Gasteiger partial charge < -0.3 is 15.3 Å². The van der Waals surface area contributed by atoms with Gasteiger partial charge in [-0.1, -0.05) is 53.2 Å². The molecule has 0 aliphatic heterocycles. The molecule has 5 aliphatic rings. The van der Waals surface area contributed by atoms with E-state index in [9.17, 15) is 20.1 Å². The molecule has 0 aromatic heterocycles. The van der Waals surface area contributed by atoms with E-state index in [0.29, 0.717) is 18.3 Å². The molecule has 0 bridgehead atoms. The van der Waals surface area contributed by atoms with Crippen molar-refractivity contribution >= 4 is 5.97 Å². The summed E-state index contributed by atoms with van der Waals surface area (Å²) in [5, 5.41) is 31.6. The summed E-state index contributed by atoms with van der Waals surface area (Å²) in [5.74, 6) is 0.493. The number of hydrogen-bond donors (Lipinski definition) is 3. The summed E-state index contributed by atoms with van der Waals surface area (Å²) in [7, 11) is 0. The van der Waals surface area contributed by atoms with Crippen LogP contribution in [0.4, 0.5) is 0 Å². The van der Waals surface area contributed by atoms with Crippen LogP contribution >= 0.6 is 0 Å². The van der Waals surface area contributed by atoms with Gasteiger partial charge in [-0.2, -0.15) is 0 Å². The predicted octanol–water partition coefficient (Wildman–Crippen LogP) is 6.21. The van der Waals surface area contributed by atoms with Gasteiger partial charge in [0, 0.05) is 6.61 Å². The quantitative estimate of drug-likeness (QED) is 0.418. The number of carboxylic acids is 1. The van der Waals surface area contributed by atoms with E-state index in [4.69, 9.17) is 0 Å². The Morgan fingerprint density at radius 2 is 1.62 bits per heavy atom. The number of carboxylic acid groups (broad SMARTS) is 1. The molecule has 4 fully saturated rings. The molecule has 0 radical (unpaired) electrons. The molecule has 0 saturated heterocycles. The van der Waals surface area contributed by atoms with E-state index in [1.54, 1.807) is 0 Å². The molecule has 0 aromatic carbocycles. The highest BCUT2D eigenvalue weighted by molar-refractivity contribution is 5.76. The summed E-state index contributed by atoms with van der Waals surface area (Å²) in [5.41, 5.74) is 0.844. The van der Waals surface area contributed by atoms with Gasteiger partial charge in [-0.3, -0.25) is 4.79 Å². The van der Waals surface area contributed by atoms with Crippen molar-refractivity contribution in [3.05, 3.63) is 11.6 Å². The molecule has 0 spiro atoms. The molecule has 34 heavy (non-hydrogen) atoms. The van der Waals surface area contributed by atoms with Gasteiger partial charge in [0.05, 0.1) is 11.5 Å². The Hall–Kier alpha value is -0.870. The van der Waals surface area contributed by atoms with Crippen LogP contribution in [0.2, 0.25) is 0 Å². The summed E-state index contributed by atoms with van der Waals surface area (Å²) in [6.45, 7) is 14.4. The van der Waals surface area contributed by atoms with Crippen LogP contribution in [0.25, 0.3) is 0 Å². The summed E-state index contributed by atoms with van der Waals surface area (Å²) in [4.78, 5) is 12.8. The number of carbonyl (C=O) groups is 1. The zero-order valence-corrected chi connectivity index (χ0v) is 22.4. The first kappa shape index (κ1) is 24.8. The number of aliphatic hydroxyl groups excluding tert-OH is 2. The van der Waals surface area contributed by atoms with Crippen LogP contribution < -0.4 is 0 Å². The van der Waals surface area contributed by atoms with Gasteiger partial charge in [-0.15, -0.1) is 0 Å². The minimum Gasteiger partial charge on any atom is -0.481 e. The van der Waals surface area contributed by atoms with E-state index in [-0.39, 0.29) is 45.7 Å². The molecular formula is C30H48O4. The van der Waals surface area contributed by atoms with E-state index in [1.165, 1.54) is 5.57 Å². The monoisotopic (exact) mass is 472 g/mol. The fourth-order valence-corrected chi connectivity index (χ4v) is 10.7. The molecule has 0 amide bonds. The van der Waals surface area contributed by atoms with Crippen molar-refractivity contribution in [3.63, 3.8) is 0 Å². The maximum atomic E-state index is 12.8. The molecule has 192 valence electrons. The van der Waals surface area contributed by atoms with E-state index < -0.39 is 11.4 Å². The minimum absolute atomic E-state index is 0.00141. The van der Waals surface area contributed by atoms with Crippen molar-refractivity contribution in [2.24, 2.45) is 50.2 Å². The molecule has 0 heterocycles. The van der Waals surface area contributed by atoms with Gasteiger partial charge in [0.2, 0.25) is 0 Å². The molecule has 4 saturated carbocycles. The lowest BCUT2D eigenvalue weighted by Crippen LogP contribution is -2.65. The van der Waals surface area contributed by atoms with Crippen molar-refractivity contribution in [1.82, 2.24) is 0 Å². The molecule has 0 aromatic rings. The average molecular weight is 473 g/mol. The van der Waals surface area contributed by atoms with Gasteiger partial charge in [-0.25, -0.2) is 0 Å². The van der Waals surface area contributed by atoms with Crippen LogP contribution in [0.15, 0.2) is 11.6 Å². The molecule has 0 unspecified atom stereocenters. The van der Waals surface area contributed by atoms with E-state index in [1.807, 2.05) is 0 Å². The Kier molecular flexibility index (Phi) is 5.36. The third kappa shape index (κ3) is 2.88. The second-order valence-electron chi connectivity index (χ2n) is 14.9. The van der Waals surface area contributed by atoms with Crippen LogP contribution in [0.5, 0.6) is 0 Å². The van der Waals surface area contributed by atoms with Crippen molar-refractivity contribution in [3.8, 4) is 0 Å². The van der Waals surface area contributed by atoms with Gasteiger partial charge >= 0.3 is 5.97 Å². The van der Waals surface area contributed by atoms with Crippen LogP contribution in [-0.2, 0) is 4.79 Å². The lowest BCUT2D eigenvalue weighted by molar-refractivity contribution is -0.206. The highest BCUT2D eigenvalue weighted by atomic mass is 16.4. The second kappa shape index (κ2) is 7.34. The van der Waals surface area contributed by atoms with Crippen LogP contribution in [0.3, 0.4) is 0 Å². The zero-order chi connectivity index (χ0) is 24.9. The van der Waals surface area contributed by atoms with E-state index >= 15 is 0 Å². The van der Waals surface area contributed by atoms with Crippen molar-refractivity contribution in [1.29, 1.82) is 0 Å². The SMILES string of the molecule is CC1(C)[C@@H](O)CC[C@]2(C)[C@H]3CC=C4[C@H]5C[C@@](C)(CO)CC[C@]5(C(=O)O)CC[C@@]4(C)[C@]3(C)CC[C@@H]12. The van der Waals surface area contributed by atoms with Gasteiger partial charge in [0.25, 0.3) is 0 Å². The number of hydrogen-bond acceptors (Lipinski definition) is 3. The highest BCUT2D eigenvalue weighted by Crippen LogP contribution is 2.75. The normalized spacial score (nSPS) is 54.1. The third-order valence-electron chi connectivity index (χ3n) is 13.3. The number of aliphatic carboxylic acids is 1. The van der Waals surface area contributed by atoms with Gasteiger partial charge in [0.1, 0.15) is 0 Å². The molecule has 5 aliphatic carbocycles. The largest absolute Gasteiger partial charge is 0.481 e. The van der Waals surface area contributed by atoms with Crippen molar-refractivity contribution in [2.75, 3.05) is 6.61 Å². The molecule has 9 atom stereocenters. The number of allylic oxidation sites excluding steroid dienone is 2. The standard InChI is InChI=1S/C30H48O4/c1-25(2)21-9-12-29(6)22(27(21,4)11-10-23(25)32)8-7-19-20-17-26(3,18-31)13-15-30(20,24(33)34)16-14-28(19,29)5/h7,20-23,31-32H,8-18H2,1-6H3,(H,33,34)/t20-,21+,22-,23+,26+,27+,28-,29-,30+/m1/s1. The highest BCUT2D eigenvalue weighted by Gasteiger charge is 2.69. The lowest BCUT2D eigenvalue weighted by atomic mass is 9.33. The van der Waals surface area contributed by atoms with Gasteiger partial charge in [0.15, 0.2) is 0 Å². The maximum absolute atomic E-state index is 12.8. The van der Waals surface area contributed by atoms with Crippen LogP contribution in [0, 0.1) is 50.2 Å². The fourth-order valence-electron chi connectivity index (χ4n) is 10.7. The van der Waals surface area contributed by atoms with Crippen molar-refractivity contribution in [2.45, 2.75) is 112 Å². The lowest BCUT2D eigenvalue weighted by Gasteiger charge is -2.71. The Balaban J connectivity index is 1.60. The van der Waals surface area contributed by atoms with Gasteiger partial charge in [-0.05, 0) is 109 Å². The first-order valence-corrected chi connectivity index (χ1v) is 13.9. The second-order valence-corrected chi connectivity index (χ2v) is 14.9. The average Bonchev–Trinajstić information content (AvgIpc) is 2.77. The Labute approximate surface area is 206 Å². The fraction of sp³-hybridized carbons (Fsp3) is 0.900. The Morgan fingerprint density at radius 3 is 2.26 bits per heavy atom. The first-order valence-electron chi connectivity index (χ1n) is 13.9. The number of aliphatic hydroxyl groups is 2. The number of fused-ring (bicyclic) bond motifs is 7. The summed E-state index contributed by atoms with van der Waals surface area (Å²) >= 11 is 0. The van der Waals surface area contributed by atoms with Crippen LogP contribution in [-0.4, -0.2) is 34.0 Å². The minimum atomic E-state index is -0.665. The van der Waals surface area contributed by atoms with Crippen LogP contribution in [0.1, 0.15) is 106 Å². The molecular weight excluding hydrogens is 424 g/mol. The Bertz CT molecular complexity index is 907. The predicted molar refractivity (Wildman–Crippen MR) is 134 cm³/mol. The van der Waals surface area contributed by atoms with Crippen molar-refractivity contribution < 1.29 is 20.1 Å². The first-order chi connectivity index (χ1) is 15.7. The molecule has 5 rings (SSSR count). The Morgan fingerprint density at radius 1 is 0.941 bits per heavy atom. The smallest absolute Gasteiger partial charge is 0.310 e. The molecule has 4 nitrogen and oxygen atoms in total. The molecule has 3 N–H and O–H groups in total. The van der Waals surface area contributed by atoms with E-state index in [0.717, 1.165) is 57.8 Å². The zero-order valence-electron chi connectivity index (χ0n) is 22.4.